The third kappa shape index (κ3) is 13.6. The van der Waals surface area contributed by atoms with E-state index in [9.17, 15) is 0 Å². The van der Waals surface area contributed by atoms with Gasteiger partial charge in [0.1, 0.15) is 12.0 Å². The van der Waals surface area contributed by atoms with Crippen molar-refractivity contribution in [2.45, 2.75) is 103 Å². The zero-order valence-electron chi connectivity index (χ0n) is 19.7. The van der Waals surface area contributed by atoms with Gasteiger partial charge in [-0.3, -0.25) is 0 Å². The Morgan fingerprint density at radius 2 is 1.13 bits per heavy atom. The topological polar surface area (TPSA) is 85.1 Å². The Balaban J connectivity index is 1.96. The number of nitrogens with zero attached hydrogens (tertiary/aromatic N) is 2. The second kappa shape index (κ2) is 19.4. The number of nitrogen functional groups attached to an aromatic ring is 1. The Morgan fingerprint density at radius 1 is 0.700 bits per heavy atom. The van der Waals surface area contributed by atoms with E-state index in [1.54, 1.807) is 13.4 Å². The largest absolute Gasteiger partial charge is 0.393 e. The summed E-state index contributed by atoms with van der Waals surface area (Å²) in [5.74, 6) is 1.43. The molecule has 1 heterocycles. The van der Waals surface area contributed by atoms with Crippen LogP contribution in [0.3, 0.4) is 0 Å². The lowest BCUT2D eigenvalue weighted by Gasteiger charge is -2.12. The van der Waals surface area contributed by atoms with Crippen LogP contribution in [0.2, 0.25) is 0 Å². The van der Waals surface area contributed by atoms with Gasteiger partial charge in [0.2, 0.25) is 0 Å². The van der Waals surface area contributed by atoms with Gasteiger partial charge in [-0.1, -0.05) is 90.4 Å². The lowest BCUT2D eigenvalue weighted by Crippen LogP contribution is -2.12. The molecule has 0 bridgehead atoms. The van der Waals surface area contributed by atoms with Gasteiger partial charge >= 0.3 is 0 Å². The minimum absolute atomic E-state index is 0.597. The van der Waals surface area contributed by atoms with Gasteiger partial charge in [-0.2, -0.15) is 0 Å². The fourth-order valence-electron chi connectivity index (χ4n) is 3.63. The molecule has 0 aliphatic heterocycles. The molecule has 1 aromatic rings. The van der Waals surface area contributed by atoms with Crippen molar-refractivity contribution in [3.63, 3.8) is 0 Å². The first-order chi connectivity index (χ1) is 14.8. The Kier molecular flexibility index (Phi) is 17.1. The summed E-state index contributed by atoms with van der Waals surface area (Å²) in [4.78, 5) is 8.50. The van der Waals surface area contributed by atoms with Crippen molar-refractivity contribution in [3.8, 4) is 0 Å². The smallest absolute Gasteiger partial charge is 0.154 e. The number of aromatic nitrogens is 2. The van der Waals surface area contributed by atoms with Crippen LogP contribution in [-0.2, 0) is 4.74 Å². The predicted octanol–water partition coefficient (Wildman–Crippen LogP) is 6.40. The van der Waals surface area contributed by atoms with Gasteiger partial charge in [0.05, 0.1) is 0 Å². The predicted molar refractivity (Wildman–Crippen MR) is 130 cm³/mol. The molecule has 4 N–H and O–H groups in total. The summed E-state index contributed by atoms with van der Waals surface area (Å²) in [5, 5.41) is 6.60. The van der Waals surface area contributed by atoms with Gasteiger partial charge < -0.3 is 21.1 Å². The molecule has 6 nitrogen and oxygen atoms in total. The van der Waals surface area contributed by atoms with Gasteiger partial charge in [0.15, 0.2) is 11.6 Å². The number of methoxy groups -OCH3 is 1. The van der Waals surface area contributed by atoms with Crippen molar-refractivity contribution < 1.29 is 4.74 Å². The van der Waals surface area contributed by atoms with E-state index in [1.807, 2.05) is 0 Å². The van der Waals surface area contributed by atoms with Gasteiger partial charge in [-0.05, 0) is 12.8 Å². The van der Waals surface area contributed by atoms with E-state index >= 15 is 0 Å². The third-order valence-electron chi connectivity index (χ3n) is 5.52. The van der Waals surface area contributed by atoms with Crippen LogP contribution in [0, 0.1) is 0 Å². The van der Waals surface area contributed by atoms with Crippen LogP contribution in [0.15, 0.2) is 6.33 Å². The first kappa shape index (κ1) is 26.5. The third-order valence-corrected chi connectivity index (χ3v) is 5.52. The summed E-state index contributed by atoms with van der Waals surface area (Å²) in [6, 6.07) is 0. The molecule has 1 rings (SSSR count). The zero-order valence-corrected chi connectivity index (χ0v) is 19.7. The first-order valence-corrected chi connectivity index (χ1v) is 12.4. The maximum Gasteiger partial charge on any atom is 0.154 e. The number of unbranched alkanes of at least 4 members (excludes halogenated alkanes) is 13. The van der Waals surface area contributed by atoms with Crippen LogP contribution in [0.4, 0.5) is 17.3 Å². The van der Waals surface area contributed by atoms with E-state index < -0.39 is 0 Å². The lowest BCUT2D eigenvalue weighted by atomic mass is 10.0. The fraction of sp³-hybridized carbons (Fsp3) is 0.833. The highest BCUT2D eigenvalue weighted by molar-refractivity contribution is 5.73. The SMILES string of the molecule is CCCCCCCCCCCCCCCCNc1ncnc(NCCCOC)c1N. The monoisotopic (exact) mass is 421 g/mol. The van der Waals surface area contributed by atoms with E-state index in [-0.39, 0.29) is 0 Å². The van der Waals surface area contributed by atoms with Gasteiger partial charge in [0, 0.05) is 26.8 Å². The van der Waals surface area contributed by atoms with Crippen molar-refractivity contribution in [2.75, 3.05) is 43.2 Å². The second-order valence-corrected chi connectivity index (χ2v) is 8.28. The van der Waals surface area contributed by atoms with Crippen molar-refractivity contribution in [1.82, 2.24) is 9.97 Å². The molecular weight excluding hydrogens is 374 g/mol. The lowest BCUT2D eigenvalue weighted by molar-refractivity contribution is 0.198. The van der Waals surface area contributed by atoms with E-state index in [0.717, 1.165) is 38.4 Å². The van der Waals surface area contributed by atoms with E-state index in [0.29, 0.717) is 11.5 Å². The molecule has 1 aromatic heterocycles. The summed E-state index contributed by atoms with van der Waals surface area (Å²) in [7, 11) is 1.71. The van der Waals surface area contributed by atoms with Gasteiger partial charge in [-0.15, -0.1) is 0 Å². The molecule has 6 heteroatoms. The highest BCUT2D eigenvalue weighted by Gasteiger charge is 2.07. The molecule has 0 spiro atoms. The quantitative estimate of drug-likeness (QED) is 0.199. The molecule has 0 aliphatic carbocycles. The average molecular weight is 422 g/mol. The average Bonchev–Trinajstić information content (AvgIpc) is 2.76. The first-order valence-electron chi connectivity index (χ1n) is 12.4. The van der Waals surface area contributed by atoms with Crippen molar-refractivity contribution in [2.24, 2.45) is 0 Å². The zero-order chi connectivity index (χ0) is 21.7. The number of ether oxygens (including phenoxy) is 1. The van der Waals surface area contributed by atoms with E-state index in [4.69, 9.17) is 10.5 Å². The van der Waals surface area contributed by atoms with Crippen LogP contribution >= 0.6 is 0 Å². The molecule has 174 valence electrons. The minimum atomic E-state index is 0.597. The number of nitrogens with one attached hydrogen (secondary N) is 2. The second-order valence-electron chi connectivity index (χ2n) is 8.28. The molecule has 0 unspecified atom stereocenters. The molecule has 0 saturated heterocycles. The Bertz CT molecular complexity index is 512. The standard InChI is InChI=1S/C24H47N5O/c1-3-4-5-6-7-8-9-10-11-12-13-14-15-16-18-26-23-22(25)24(29-21-28-23)27-19-17-20-30-2/h21H,3-20,25H2,1-2H3,(H2,26,27,28,29). The van der Waals surface area contributed by atoms with Crippen LogP contribution in [-0.4, -0.2) is 36.8 Å². The number of hydrogen-bond acceptors (Lipinski definition) is 6. The van der Waals surface area contributed by atoms with Crippen LogP contribution < -0.4 is 16.4 Å². The number of nitrogens with two attached hydrogens (primary N) is 1. The van der Waals surface area contributed by atoms with E-state index in [2.05, 4.69) is 27.5 Å². The highest BCUT2D eigenvalue weighted by atomic mass is 16.5. The maximum atomic E-state index is 6.18. The molecule has 0 fully saturated rings. The normalized spacial score (nSPS) is 11.0. The molecule has 30 heavy (non-hydrogen) atoms. The fourth-order valence-corrected chi connectivity index (χ4v) is 3.63. The molecular formula is C24H47N5O. The summed E-state index contributed by atoms with van der Waals surface area (Å²) in [5.41, 5.74) is 6.77. The Morgan fingerprint density at radius 3 is 1.60 bits per heavy atom. The molecule has 0 atom stereocenters. The summed E-state index contributed by atoms with van der Waals surface area (Å²) in [6.07, 6.45) is 21.7. The molecule has 0 radical (unpaired) electrons. The highest BCUT2D eigenvalue weighted by Crippen LogP contribution is 2.22. The minimum Gasteiger partial charge on any atom is -0.393 e. The number of anilines is 3. The molecule has 0 aliphatic rings. The molecule has 0 aromatic carbocycles. The van der Waals surface area contributed by atoms with Crippen molar-refractivity contribution >= 4 is 17.3 Å². The van der Waals surface area contributed by atoms with Crippen LogP contribution in [0.25, 0.3) is 0 Å². The number of rotatable bonds is 21. The molecule has 0 amide bonds. The van der Waals surface area contributed by atoms with Crippen molar-refractivity contribution in [3.05, 3.63) is 6.33 Å². The summed E-state index contributed by atoms with van der Waals surface area (Å²) >= 11 is 0. The summed E-state index contributed by atoms with van der Waals surface area (Å²) in [6.45, 7) is 4.70. The van der Waals surface area contributed by atoms with Gasteiger partial charge in [-0.25, -0.2) is 9.97 Å². The van der Waals surface area contributed by atoms with Crippen LogP contribution in [0.1, 0.15) is 103 Å². The molecule has 0 saturated carbocycles. The van der Waals surface area contributed by atoms with Gasteiger partial charge in [0.25, 0.3) is 0 Å². The Hall–Kier alpha value is -1.56. The maximum absolute atomic E-state index is 6.18. The van der Waals surface area contributed by atoms with Crippen LogP contribution in [0.5, 0.6) is 0 Å². The van der Waals surface area contributed by atoms with E-state index in [1.165, 1.54) is 83.5 Å². The van der Waals surface area contributed by atoms with Crippen molar-refractivity contribution in [1.29, 1.82) is 0 Å². The summed E-state index contributed by atoms with van der Waals surface area (Å²) < 4.78 is 5.05. The number of hydrogen-bond donors (Lipinski definition) is 3. The Labute approximate surface area is 185 Å².